The predicted octanol–water partition coefficient (Wildman–Crippen LogP) is 3.54. The number of fused-ring (bicyclic) bond motifs is 3. The largest absolute Gasteiger partial charge is 0.311 e. The van der Waals surface area contributed by atoms with E-state index in [-0.39, 0.29) is 0 Å². The minimum atomic E-state index is 0.932. The average Bonchev–Trinajstić information content (AvgIpc) is 3.13. The van der Waals surface area contributed by atoms with Gasteiger partial charge in [0.05, 0.1) is 11.4 Å². The molecule has 1 N–H and O–H groups in total. The first-order valence-electron chi connectivity index (χ1n) is 7.85. The van der Waals surface area contributed by atoms with E-state index in [1.807, 2.05) is 0 Å². The van der Waals surface area contributed by atoms with Gasteiger partial charge in [0.15, 0.2) is 4.96 Å². The van der Waals surface area contributed by atoms with Crippen molar-refractivity contribution >= 4 is 16.3 Å². The fraction of sp³-hybridized carbons (Fsp3) is 0.688. The molecule has 2 bridgehead atoms. The molecule has 0 spiro atoms. The van der Waals surface area contributed by atoms with Crippen LogP contribution in [0.4, 0.5) is 0 Å². The number of nitrogens with one attached hydrogen (secondary N) is 1. The van der Waals surface area contributed by atoms with Crippen LogP contribution >= 0.6 is 11.3 Å². The quantitative estimate of drug-likeness (QED) is 0.933. The van der Waals surface area contributed by atoms with Gasteiger partial charge in [-0.2, -0.15) is 0 Å². The van der Waals surface area contributed by atoms with Crippen LogP contribution in [0.25, 0.3) is 4.96 Å². The monoisotopic (exact) mass is 289 g/mol. The Morgan fingerprint density at radius 1 is 1.35 bits per heavy atom. The van der Waals surface area contributed by atoms with Gasteiger partial charge in [-0.05, 0) is 57.4 Å². The molecular weight excluding hydrogens is 266 g/mol. The summed E-state index contributed by atoms with van der Waals surface area (Å²) in [6.45, 7) is 6.43. The maximum atomic E-state index is 4.66. The summed E-state index contributed by atoms with van der Waals surface area (Å²) in [6.07, 6.45) is 8.17. The van der Waals surface area contributed by atoms with Crippen LogP contribution in [0.5, 0.6) is 0 Å². The van der Waals surface area contributed by atoms with Crippen molar-refractivity contribution in [1.29, 1.82) is 0 Å². The third-order valence-corrected chi connectivity index (χ3v) is 6.22. The SMILES string of the molecule is Cc1cn2c(CNCC3CC4CCC3C4)c(C)nc2s1. The number of rotatable bonds is 4. The van der Waals surface area contributed by atoms with Crippen LogP contribution in [0.15, 0.2) is 6.20 Å². The van der Waals surface area contributed by atoms with Crippen molar-refractivity contribution < 1.29 is 0 Å². The summed E-state index contributed by atoms with van der Waals surface area (Å²) in [7, 11) is 0. The Morgan fingerprint density at radius 2 is 2.25 bits per heavy atom. The highest BCUT2D eigenvalue weighted by atomic mass is 32.1. The van der Waals surface area contributed by atoms with Crippen LogP contribution in [0.1, 0.15) is 41.9 Å². The summed E-state index contributed by atoms with van der Waals surface area (Å²) >= 11 is 1.78. The Morgan fingerprint density at radius 3 is 3.00 bits per heavy atom. The van der Waals surface area contributed by atoms with E-state index in [4.69, 9.17) is 0 Å². The number of aromatic nitrogens is 2. The number of thiazole rings is 1. The standard InChI is InChI=1S/C16H23N3S/c1-10-9-19-15(11(2)18-16(19)20-10)8-17-7-14-6-12-3-4-13(14)5-12/h9,12-14,17H,3-8H2,1-2H3. The maximum absolute atomic E-state index is 4.66. The van der Waals surface area contributed by atoms with Crippen LogP contribution < -0.4 is 5.32 Å². The number of aryl methyl sites for hydroxylation is 2. The molecule has 0 saturated heterocycles. The van der Waals surface area contributed by atoms with Gasteiger partial charge in [0.1, 0.15) is 0 Å². The minimum absolute atomic E-state index is 0.932. The third kappa shape index (κ3) is 2.09. The lowest BCUT2D eigenvalue weighted by Gasteiger charge is -2.21. The molecule has 0 radical (unpaired) electrons. The fourth-order valence-electron chi connectivity index (χ4n) is 4.32. The topological polar surface area (TPSA) is 29.3 Å². The van der Waals surface area contributed by atoms with E-state index in [1.165, 1.54) is 48.5 Å². The van der Waals surface area contributed by atoms with Crippen LogP contribution in [0.3, 0.4) is 0 Å². The summed E-state index contributed by atoms with van der Waals surface area (Å²) in [5.41, 5.74) is 2.52. The molecule has 20 heavy (non-hydrogen) atoms. The van der Waals surface area contributed by atoms with Crippen LogP contribution in [0.2, 0.25) is 0 Å². The number of nitrogens with zero attached hydrogens (tertiary/aromatic N) is 2. The van der Waals surface area contributed by atoms with E-state index in [0.717, 1.165) is 29.3 Å². The van der Waals surface area contributed by atoms with Gasteiger partial charge in [0.2, 0.25) is 0 Å². The Hall–Kier alpha value is -0.870. The second kappa shape index (κ2) is 4.85. The first-order chi connectivity index (χ1) is 9.70. The lowest BCUT2D eigenvalue weighted by molar-refractivity contribution is 0.318. The molecule has 2 aliphatic rings. The molecule has 0 aromatic carbocycles. The normalized spacial score (nSPS) is 28.8. The number of imidazole rings is 1. The van der Waals surface area contributed by atoms with Gasteiger partial charge >= 0.3 is 0 Å². The molecule has 108 valence electrons. The molecule has 3 atom stereocenters. The molecule has 2 aromatic heterocycles. The van der Waals surface area contributed by atoms with Crippen LogP contribution in [0, 0.1) is 31.6 Å². The Kier molecular flexibility index (Phi) is 3.11. The fourth-order valence-corrected chi connectivity index (χ4v) is 5.21. The molecule has 4 heteroatoms. The summed E-state index contributed by atoms with van der Waals surface area (Å²) in [5.74, 6) is 3.00. The first-order valence-corrected chi connectivity index (χ1v) is 8.67. The highest BCUT2D eigenvalue weighted by Gasteiger charge is 2.38. The molecule has 2 aliphatic carbocycles. The predicted molar refractivity (Wildman–Crippen MR) is 83.2 cm³/mol. The summed E-state index contributed by atoms with van der Waals surface area (Å²) in [6, 6.07) is 0. The van der Waals surface area contributed by atoms with E-state index in [2.05, 4.69) is 34.7 Å². The van der Waals surface area contributed by atoms with Crippen molar-refractivity contribution in [3.05, 3.63) is 22.5 Å². The van der Waals surface area contributed by atoms with E-state index < -0.39 is 0 Å². The van der Waals surface area contributed by atoms with Crippen molar-refractivity contribution in [3.8, 4) is 0 Å². The van der Waals surface area contributed by atoms with Crippen molar-refractivity contribution in [1.82, 2.24) is 14.7 Å². The van der Waals surface area contributed by atoms with Crippen molar-refractivity contribution in [2.45, 2.75) is 46.1 Å². The number of hydrogen-bond acceptors (Lipinski definition) is 3. The van der Waals surface area contributed by atoms with Gasteiger partial charge < -0.3 is 5.32 Å². The molecule has 0 aliphatic heterocycles. The summed E-state index contributed by atoms with van der Waals surface area (Å²) in [4.78, 5) is 7.13. The zero-order valence-corrected chi connectivity index (χ0v) is 13.2. The van der Waals surface area contributed by atoms with Gasteiger partial charge in [-0.3, -0.25) is 4.40 Å². The molecular formula is C16H23N3S. The van der Waals surface area contributed by atoms with Gasteiger partial charge in [-0.25, -0.2) is 4.98 Å². The van der Waals surface area contributed by atoms with E-state index >= 15 is 0 Å². The molecule has 2 heterocycles. The van der Waals surface area contributed by atoms with E-state index in [0.29, 0.717) is 0 Å². The molecule has 3 unspecified atom stereocenters. The van der Waals surface area contributed by atoms with Crippen LogP contribution in [-0.4, -0.2) is 15.9 Å². The lowest BCUT2D eigenvalue weighted by atomic mass is 9.89. The zero-order chi connectivity index (χ0) is 13.7. The third-order valence-electron chi connectivity index (χ3n) is 5.32. The smallest absolute Gasteiger partial charge is 0.194 e. The first kappa shape index (κ1) is 12.8. The Bertz CT molecular complexity index is 627. The highest BCUT2D eigenvalue weighted by Crippen LogP contribution is 2.47. The van der Waals surface area contributed by atoms with Gasteiger partial charge in [-0.15, -0.1) is 11.3 Å². The van der Waals surface area contributed by atoms with Crippen LogP contribution in [-0.2, 0) is 6.54 Å². The van der Waals surface area contributed by atoms with E-state index in [9.17, 15) is 0 Å². The van der Waals surface area contributed by atoms with Gasteiger partial charge in [0, 0.05) is 17.6 Å². The molecule has 2 saturated carbocycles. The highest BCUT2D eigenvalue weighted by molar-refractivity contribution is 7.17. The molecule has 4 rings (SSSR count). The Balaban J connectivity index is 1.42. The summed E-state index contributed by atoms with van der Waals surface area (Å²) < 4.78 is 2.27. The minimum Gasteiger partial charge on any atom is -0.311 e. The second-order valence-corrected chi connectivity index (χ2v) is 7.92. The van der Waals surface area contributed by atoms with Gasteiger partial charge in [0.25, 0.3) is 0 Å². The van der Waals surface area contributed by atoms with E-state index in [1.54, 1.807) is 11.3 Å². The number of hydrogen-bond donors (Lipinski definition) is 1. The van der Waals surface area contributed by atoms with Crippen molar-refractivity contribution in [2.24, 2.45) is 17.8 Å². The summed E-state index contributed by atoms with van der Waals surface area (Å²) in [5, 5.41) is 3.70. The molecule has 2 aromatic rings. The second-order valence-electron chi connectivity index (χ2n) is 6.70. The Labute approximate surface area is 124 Å². The average molecular weight is 289 g/mol. The van der Waals surface area contributed by atoms with Crippen molar-refractivity contribution in [2.75, 3.05) is 6.54 Å². The maximum Gasteiger partial charge on any atom is 0.194 e. The molecule has 2 fully saturated rings. The zero-order valence-electron chi connectivity index (χ0n) is 12.4. The molecule has 0 amide bonds. The molecule has 3 nitrogen and oxygen atoms in total. The lowest BCUT2D eigenvalue weighted by Crippen LogP contribution is -2.26. The van der Waals surface area contributed by atoms with Crippen molar-refractivity contribution in [3.63, 3.8) is 0 Å². The van der Waals surface area contributed by atoms with Gasteiger partial charge in [-0.1, -0.05) is 6.42 Å².